The van der Waals surface area contributed by atoms with Gasteiger partial charge in [0, 0.05) is 24.6 Å². The van der Waals surface area contributed by atoms with Gasteiger partial charge in [0.25, 0.3) is 18.1 Å². The van der Waals surface area contributed by atoms with Crippen LogP contribution in [-0.2, 0) is 0 Å². The van der Waals surface area contributed by atoms with Crippen LogP contribution in [0.1, 0.15) is 46.9 Å². The Hall–Kier alpha value is -3.24. The zero-order valence-corrected chi connectivity index (χ0v) is 15.9. The maximum absolute atomic E-state index is 14.0. The first kappa shape index (κ1) is 20.0. The number of alkyl halides is 2. The molecule has 158 valence electrons. The van der Waals surface area contributed by atoms with E-state index in [1.54, 1.807) is 0 Å². The lowest BCUT2D eigenvalue weighted by molar-refractivity contribution is 0.0703. The number of likely N-dealkylation sites (tertiary alicyclic amines) is 1. The topological polar surface area (TPSA) is 72.6 Å². The first-order valence-electron chi connectivity index (χ1n) is 9.20. The minimum absolute atomic E-state index is 0.0468. The zero-order valence-electron chi connectivity index (χ0n) is 15.9. The molecule has 0 saturated carbocycles. The van der Waals surface area contributed by atoms with Gasteiger partial charge in [-0.2, -0.15) is 10.1 Å². The molecule has 1 atom stereocenters. The average molecular weight is 423 g/mol. The number of ether oxygens (including phenoxy) is 1. The van der Waals surface area contributed by atoms with Gasteiger partial charge < -0.3 is 9.64 Å². The Morgan fingerprint density at radius 2 is 1.97 bits per heavy atom. The first-order chi connectivity index (χ1) is 14.4. The second kappa shape index (κ2) is 7.88. The van der Waals surface area contributed by atoms with E-state index < -0.39 is 35.4 Å². The predicted octanol–water partition coefficient (Wildman–Crippen LogP) is 3.37. The number of piperidine rings is 1. The highest BCUT2D eigenvalue weighted by Gasteiger charge is 2.29. The molecule has 0 radical (unpaired) electrons. The summed E-state index contributed by atoms with van der Waals surface area (Å²) in [5.41, 5.74) is -0.119. The van der Waals surface area contributed by atoms with Crippen molar-refractivity contribution in [3.63, 3.8) is 0 Å². The van der Waals surface area contributed by atoms with Crippen LogP contribution < -0.4 is 4.74 Å². The molecular weight excluding hydrogens is 406 g/mol. The summed E-state index contributed by atoms with van der Waals surface area (Å²) in [6.07, 6.45) is -0.357. The van der Waals surface area contributed by atoms with Crippen molar-refractivity contribution in [2.24, 2.45) is 0 Å². The lowest BCUT2D eigenvalue weighted by Crippen LogP contribution is -2.39. The van der Waals surface area contributed by atoms with Crippen molar-refractivity contribution in [1.82, 2.24) is 24.5 Å². The molecule has 1 fully saturated rings. The Morgan fingerprint density at radius 1 is 1.23 bits per heavy atom. The number of hydrogen-bond acceptors (Lipinski definition) is 5. The summed E-state index contributed by atoms with van der Waals surface area (Å²) in [5, 5.41) is 4.05. The molecule has 11 heteroatoms. The quantitative estimate of drug-likeness (QED) is 0.602. The first-order valence-corrected chi connectivity index (χ1v) is 9.20. The molecule has 1 aliphatic rings. The lowest BCUT2D eigenvalue weighted by atomic mass is 9.93. The molecule has 2 aromatic heterocycles. The summed E-state index contributed by atoms with van der Waals surface area (Å²) in [7, 11) is 1.13. The summed E-state index contributed by atoms with van der Waals surface area (Å²) in [6, 6.07) is 3.10. The highest BCUT2D eigenvalue weighted by Crippen LogP contribution is 2.31. The van der Waals surface area contributed by atoms with Crippen molar-refractivity contribution in [1.29, 1.82) is 0 Å². The number of carbonyl (C=O) groups excluding carboxylic acids is 1. The van der Waals surface area contributed by atoms with E-state index in [1.807, 2.05) is 0 Å². The predicted molar refractivity (Wildman–Crippen MR) is 96.5 cm³/mol. The molecule has 1 saturated heterocycles. The summed E-state index contributed by atoms with van der Waals surface area (Å²) >= 11 is 0. The van der Waals surface area contributed by atoms with Gasteiger partial charge in [-0.3, -0.25) is 4.79 Å². The Bertz CT molecular complexity index is 1080. The van der Waals surface area contributed by atoms with Gasteiger partial charge in [0.2, 0.25) is 0 Å². The average Bonchev–Trinajstić information content (AvgIpc) is 3.21. The second-order valence-corrected chi connectivity index (χ2v) is 6.94. The van der Waals surface area contributed by atoms with Gasteiger partial charge in [0.15, 0.2) is 17.4 Å². The third-order valence-electron chi connectivity index (χ3n) is 5.10. The smallest absolute Gasteiger partial charge is 0.280 e. The molecule has 0 spiro atoms. The van der Waals surface area contributed by atoms with E-state index in [9.17, 15) is 22.4 Å². The number of nitrogens with zero attached hydrogens (tertiary/aromatic N) is 5. The standard InChI is InChI=1S/C19H17F4N5O2/c1-30-16-12(20)5-11(6-13(16)21)18(29)27-4-2-3-10(8-27)15-7-14(17(22)23)26-19-24-9-25-28(15)19/h5-7,9-10,17H,2-4,8H2,1H3. The van der Waals surface area contributed by atoms with Crippen molar-refractivity contribution in [2.45, 2.75) is 25.2 Å². The number of rotatable bonds is 4. The summed E-state index contributed by atoms with van der Waals surface area (Å²) in [4.78, 5) is 22.0. The van der Waals surface area contributed by atoms with Crippen molar-refractivity contribution >= 4 is 11.7 Å². The summed E-state index contributed by atoms with van der Waals surface area (Å²) in [5.74, 6) is -3.35. The summed E-state index contributed by atoms with van der Waals surface area (Å²) < 4.78 is 60.5. The number of amides is 1. The van der Waals surface area contributed by atoms with E-state index in [0.29, 0.717) is 25.1 Å². The van der Waals surface area contributed by atoms with Gasteiger partial charge in [0.05, 0.1) is 12.8 Å². The highest BCUT2D eigenvalue weighted by atomic mass is 19.3. The normalized spacial score (nSPS) is 17.0. The van der Waals surface area contributed by atoms with Gasteiger partial charge in [-0.25, -0.2) is 27.1 Å². The molecule has 3 aromatic rings. The minimum Gasteiger partial charge on any atom is -0.491 e. The van der Waals surface area contributed by atoms with Crippen molar-refractivity contribution < 1.29 is 27.1 Å². The second-order valence-electron chi connectivity index (χ2n) is 6.94. The number of carbonyl (C=O) groups is 1. The van der Waals surface area contributed by atoms with Gasteiger partial charge in [-0.15, -0.1) is 0 Å². The Morgan fingerprint density at radius 3 is 2.63 bits per heavy atom. The van der Waals surface area contributed by atoms with Crippen LogP contribution in [0.15, 0.2) is 24.5 Å². The van der Waals surface area contributed by atoms with Crippen LogP contribution in [0.4, 0.5) is 17.6 Å². The van der Waals surface area contributed by atoms with Crippen LogP contribution in [0.3, 0.4) is 0 Å². The van der Waals surface area contributed by atoms with Crippen LogP contribution in [0, 0.1) is 11.6 Å². The fourth-order valence-corrected chi connectivity index (χ4v) is 3.72. The van der Waals surface area contributed by atoms with Gasteiger partial charge in [-0.05, 0) is 31.0 Å². The van der Waals surface area contributed by atoms with Crippen LogP contribution in [0.25, 0.3) is 5.78 Å². The number of methoxy groups -OCH3 is 1. The Balaban J connectivity index is 1.64. The molecule has 30 heavy (non-hydrogen) atoms. The van der Waals surface area contributed by atoms with E-state index in [-0.39, 0.29) is 23.8 Å². The maximum Gasteiger partial charge on any atom is 0.280 e. The lowest BCUT2D eigenvalue weighted by Gasteiger charge is -2.33. The largest absolute Gasteiger partial charge is 0.491 e. The van der Waals surface area contributed by atoms with Crippen LogP contribution >= 0.6 is 0 Å². The van der Waals surface area contributed by atoms with Crippen molar-refractivity contribution in [3.8, 4) is 5.75 Å². The highest BCUT2D eigenvalue weighted by molar-refractivity contribution is 5.94. The van der Waals surface area contributed by atoms with E-state index in [4.69, 9.17) is 0 Å². The third-order valence-corrected chi connectivity index (χ3v) is 5.10. The number of hydrogen-bond donors (Lipinski definition) is 0. The van der Waals surface area contributed by atoms with Gasteiger partial charge >= 0.3 is 0 Å². The number of benzene rings is 1. The molecule has 7 nitrogen and oxygen atoms in total. The molecule has 0 N–H and O–H groups in total. The molecule has 1 amide bonds. The number of fused-ring (bicyclic) bond motifs is 1. The molecule has 1 aliphatic heterocycles. The molecule has 4 rings (SSSR count). The van der Waals surface area contributed by atoms with Gasteiger partial charge in [0.1, 0.15) is 12.0 Å². The van der Waals surface area contributed by atoms with E-state index in [0.717, 1.165) is 19.2 Å². The SMILES string of the molecule is COc1c(F)cc(C(=O)N2CCCC(c3cc(C(F)F)nc4ncnn34)C2)cc1F. The Labute approximate surface area is 168 Å². The fourth-order valence-electron chi connectivity index (χ4n) is 3.72. The third kappa shape index (κ3) is 3.55. The van der Waals surface area contributed by atoms with Crippen molar-refractivity contribution in [2.75, 3.05) is 20.2 Å². The zero-order chi connectivity index (χ0) is 21.4. The van der Waals surface area contributed by atoms with Crippen LogP contribution in [0.5, 0.6) is 5.75 Å². The molecule has 3 heterocycles. The van der Waals surface area contributed by atoms with E-state index in [2.05, 4.69) is 19.8 Å². The molecule has 1 unspecified atom stereocenters. The van der Waals surface area contributed by atoms with Crippen LogP contribution in [-0.4, -0.2) is 50.6 Å². The Kier molecular flexibility index (Phi) is 5.27. The fraction of sp³-hybridized carbons (Fsp3) is 0.368. The van der Waals surface area contributed by atoms with E-state index >= 15 is 0 Å². The minimum atomic E-state index is -2.78. The molecule has 0 aliphatic carbocycles. The molecular formula is C19H17F4N5O2. The monoisotopic (exact) mass is 423 g/mol. The number of aromatic nitrogens is 4. The summed E-state index contributed by atoms with van der Waals surface area (Å²) in [6.45, 7) is 0.549. The van der Waals surface area contributed by atoms with Gasteiger partial charge in [-0.1, -0.05) is 0 Å². The van der Waals surface area contributed by atoms with Crippen LogP contribution in [0.2, 0.25) is 0 Å². The molecule has 0 bridgehead atoms. The maximum atomic E-state index is 14.0. The van der Waals surface area contributed by atoms with E-state index in [1.165, 1.54) is 21.8 Å². The number of halogens is 4. The molecule has 1 aromatic carbocycles. The van der Waals surface area contributed by atoms with Crippen molar-refractivity contribution in [3.05, 3.63) is 53.1 Å².